The van der Waals surface area contributed by atoms with E-state index in [1.165, 1.54) is 0 Å². The lowest BCUT2D eigenvalue weighted by molar-refractivity contribution is -0.138. The molecule has 0 spiro atoms. The van der Waals surface area contributed by atoms with E-state index in [2.05, 4.69) is 0 Å². The summed E-state index contributed by atoms with van der Waals surface area (Å²) in [4.78, 5) is 12.7. The van der Waals surface area contributed by atoms with Crippen molar-refractivity contribution in [2.24, 2.45) is 0 Å². The summed E-state index contributed by atoms with van der Waals surface area (Å²) < 4.78 is 23.0. The maximum atomic E-state index is 11.0. The second kappa shape index (κ2) is 11.8. The third-order valence-electron chi connectivity index (χ3n) is 5.05. The normalized spacial score (nSPS) is 11.6. The Bertz CT molecular complexity index is 1020. The molecule has 3 aromatic carbocycles. The number of likely N-dealkylation sites (N-methyl/N-ethyl adjacent to an activating group) is 1. The average molecular weight is 452 g/mol. The van der Waals surface area contributed by atoms with E-state index in [4.69, 9.17) is 24.1 Å². The van der Waals surface area contributed by atoms with Crippen LogP contribution in [0, 0.1) is 0 Å². The summed E-state index contributed by atoms with van der Waals surface area (Å²) in [6, 6.07) is 22.6. The molecule has 0 radical (unpaired) electrons. The largest absolute Gasteiger partial charge is 0.497 e. The zero-order valence-corrected chi connectivity index (χ0v) is 19.1. The maximum absolute atomic E-state index is 11.0. The van der Waals surface area contributed by atoms with E-state index in [1.807, 2.05) is 60.7 Å². The topological polar surface area (TPSA) is 77.5 Å². The van der Waals surface area contributed by atoms with Gasteiger partial charge in [0, 0.05) is 19.0 Å². The van der Waals surface area contributed by atoms with Gasteiger partial charge in [0.15, 0.2) is 11.5 Å². The van der Waals surface area contributed by atoms with Crippen LogP contribution in [0.4, 0.5) is 0 Å². The van der Waals surface area contributed by atoms with Crippen LogP contribution in [0.2, 0.25) is 0 Å². The number of carboxylic acids is 1. The van der Waals surface area contributed by atoms with Crippen molar-refractivity contribution >= 4 is 5.97 Å². The molecule has 0 aromatic heterocycles. The highest BCUT2D eigenvalue weighted by atomic mass is 16.5. The second-order valence-corrected chi connectivity index (χ2v) is 7.53. The number of benzene rings is 3. The third-order valence-corrected chi connectivity index (χ3v) is 5.05. The summed E-state index contributed by atoms with van der Waals surface area (Å²) in [5, 5.41) is 9.01. The number of ether oxygens (including phenoxy) is 4. The van der Waals surface area contributed by atoms with Crippen molar-refractivity contribution in [3.63, 3.8) is 0 Å². The molecule has 0 bridgehead atoms. The van der Waals surface area contributed by atoms with Crippen LogP contribution in [-0.2, 0) is 4.79 Å². The lowest BCUT2D eigenvalue weighted by Crippen LogP contribution is -2.28. The standard InChI is InChI=1S/C26H29NO6/c1-27(18-26(28)29)16-15-23(19-7-5-4-6-8-19)33-22-13-14-24(25(17-22)31-3)32-21-11-9-20(30-2)10-12-21/h4-14,17,23H,15-16,18H2,1-3H3,(H,28,29). The summed E-state index contributed by atoms with van der Waals surface area (Å²) >= 11 is 0. The summed E-state index contributed by atoms with van der Waals surface area (Å²) in [7, 11) is 4.98. The van der Waals surface area contributed by atoms with E-state index in [1.54, 1.807) is 38.3 Å². The Morgan fingerprint density at radius 1 is 0.879 bits per heavy atom. The molecule has 0 amide bonds. The van der Waals surface area contributed by atoms with Crippen molar-refractivity contribution in [2.75, 3.05) is 34.4 Å². The number of nitrogens with zero attached hydrogens (tertiary/aromatic N) is 1. The number of hydrogen-bond donors (Lipinski definition) is 1. The Hall–Kier alpha value is -3.71. The van der Waals surface area contributed by atoms with E-state index in [9.17, 15) is 4.79 Å². The van der Waals surface area contributed by atoms with Crippen molar-refractivity contribution in [1.29, 1.82) is 0 Å². The van der Waals surface area contributed by atoms with Crippen LogP contribution < -0.4 is 18.9 Å². The first-order valence-electron chi connectivity index (χ1n) is 10.6. The van der Waals surface area contributed by atoms with Crippen LogP contribution in [0.25, 0.3) is 0 Å². The molecule has 33 heavy (non-hydrogen) atoms. The lowest BCUT2D eigenvalue weighted by Gasteiger charge is -2.23. The van der Waals surface area contributed by atoms with Gasteiger partial charge in [0.25, 0.3) is 0 Å². The second-order valence-electron chi connectivity index (χ2n) is 7.53. The van der Waals surface area contributed by atoms with E-state index in [-0.39, 0.29) is 12.6 Å². The van der Waals surface area contributed by atoms with Crippen molar-refractivity contribution in [1.82, 2.24) is 4.90 Å². The van der Waals surface area contributed by atoms with Gasteiger partial charge in [-0.2, -0.15) is 0 Å². The molecule has 3 rings (SSSR count). The van der Waals surface area contributed by atoms with E-state index < -0.39 is 5.97 Å². The molecule has 0 aliphatic heterocycles. The highest BCUT2D eigenvalue weighted by Gasteiger charge is 2.17. The number of aliphatic carboxylic acids is 1. The number of hydrogen-bond acceptors (Lipinski definition) is 6. The fraction of sp³-hybridized carbons (Fsp3) is 0.269. The minimum atomic E-state index is -0.855. The molecule has 0 aliphatic rings. The van der Waals surface area contributed by atoms with Gasteiger partial charge in [0.2, 0.25) is 0 Å². The molecule has 7 nitrogen and oxygen atoms in total. The predicted octanol–water partition coefficient (Wildman–Crippen LogP) is 5.02. The Morgan fingerprint density at radius 2 is 1.55 bits per heavy atom. The monoisotopic (exact) mass is 451 g/mol. The lowest BCUT2D eigenvalue weighted by atomic mass is 10.1. The summed E-state index contributed by atoms with van der Waals surface area (Å²) in [6.45, 7) is 0.550. The minimum Gasteiger partial charge on any atom is -0.497 e. The van der Waals surface area contributed by atoms with Crippen LogP contribution in [0.5, 0.6) is 28.7 Å². The molecule has 0 fully saturated rings. The van der Waals surface area contributed by atoms with Crippen LogP contribution >= 0.6 is 0 Å². The first kappa shape index (κ1) is 23.9. The highest BCUT2D eigenvalue weighted by molar-refractivity contribution is 5.69. The molecule has 0 heterocycles. The van der Waals surface area contributed by atoms with Crippen LogP contribution in [0.15, 0.2) is 72.8 Å². The van der Waals surface area contributed by atoms with Gasteiger partial charge in [-0.05, 0) is 49.0 Å². The Kier molecular flexibility index (Phi) is 8.55. The zero-order valence-electron chi connectivity index (χ0n) is 19.1. The van der Waals surface area contributed by atoms with Crippen molar-refractivity contribution in [2.45, 2.75) is 12.5 Å². The van der Waals surface area contributed by atoms with E-state index >= 15 is 0 Å². The molecule has 3 aromatic rings. The van der Waals surface area contributed by atoms with Gasteiger partial charge in [-0.3, -0.25) is 9.69 Å². The number of methoxy groups -OCH3 is 2. The molecule has 0 aliphatic carbocycles. The van der Waals surface area contributed by atoms with Crippen LogP contribution in [0.1, 0.15) is 18.1 Å². The fourth-order valence-corrected chi connectivity index (χ4v) is 3.35. The number of carboxylic acid groups (broad SMARTS) is 1. The molecule has 7 heteroatoms. The average Bonchev–Trinajstić information content (AvgIpc) is 2.83. The first-order valence-corrected chi connectivity index (χ1v) is 10.6. The Balaban J connectivity index is 1.75. The van der Waals surface area contributed by atoms with Gasteiger partial charge in [-0.15, -0.1) is 0 Å². The van der Waals surface area contributed by atoms with Gasteiger partial charge in [-0.25, -0.2) is 0 Å². The predicted molar refractivity (Wildman–Crippen MR) is 126 cm³/mol. The Labute approximate surface area is 194 Å². The van der Waals surface area contributed by atoms with Crippen molar-refractivity contribution in [3.8, 4) is 28.7 Å². The third kappa shape index (κ3) is 7.15. The fourth-order valence-electron chi connectivity index (χ4n) is 3.35. The van der Waals surface area contributed by atoms with Gasteiger partial charge >= 0.3 is 5.97 Å². The van der Waals surface area contributed by atoms with Crippen LogP contribution in [0.3, 0.4) is 0 Å². The van der Waals surface area contributed by atoms with Gasteiger partial charge in [0.05, 0.1) is 20.8 Å². The number of rotatable bonds is 12. The van der Waals surface area contributed by atoms with Gasteiger partial charge < -0.3 is 24.1 Å². The van der Waals surface area contributed by atoms with Crippen molar-refractivity contribution in [3.05, 3.63) is 78.4 Å². The smallest absolute Gasteiger partial charge is 0.317 e. The van der Waals surface area contributed by atoms with Gasteiger partial charge in [0.1, 0.15) is 23.4 Å². The van der Waals surface area contributed by atoms with Crippen LogP contribution in [-0.4, -0.2) is 50.3 Å². The summed E-state index contributed by atoms with van der Waals surface area (Å²) in [5.41, 5.74) is 1.01. The molecule has 0 saturated heterocycles. The first-order chi connectivity index (χ1) is 16.0. The maximum Gasteiger partial charge on any atom is 0.317 e. The molecular weight excluding hydrogens is 422 g/mol. The zero-order chi connectivity index (χ0) is 23.6. The molecule has 1 unspecified atom stereocenters. The highest BCUT2D eigenvalue weighted by Crippen LogP contribution is 2.36. The Morgan fingerprint density at radius 3 is 2.18 bits per heavy atom. The van der Waals surface area contributed by atoms with E-state index in [0.29, 0.717) is 36.0 Å². The van der Waals surface area contributed by atoms with Gasteiger partial charge in [-0.1, -0.05) is 30.3 Å². The molecule has 0 saturated carbocycles. The molecule has 174 valence electrons. The summed E-state index contributed by atoms with van der Waals surface area (Å²) in [6.07, 6.45) is 0.376. The van der Waals surface area contributed by atoms with E-state index in [0.717, 1.165) is 11.3 Å². The minimum absolute atomic E-state index is 0.0211. The molecular formula is C26H29NO6. The SMILES string of the molecule is COc1ccc(Oc2ccc(OC(CCN(C)CC(=O)O)c3ccccc3)cc2OC)cc1. The number of carbonyl (C=O) groups is 1. The quantitative estimate of drug-likeness (QED) is 0.414. The molecule has 1 atom stereocenters. The van der Waals surface area contributed by atoms with Crippen molar-refractivity contribution < 1.29 is 28.8 Å². The molecule has 1 N–H and O–H groups in total. The summed E-state index contributed by atoms with van der Waals surface area (Å²) in [5.74, 6) is 2.28.